The molecule has 4 nitrogen and oxygen atoms in total. The molecule has 0 saturated carbocycles. The molecule has 0 aromatic rings. The van der Waals surface area contributed by atoms with E-state index in [9.17, 15) is 0 Å². The zero-order valence-corrected chi connectivity index (χ0v) is 12.4. The largest absolute Gasteiger partial charge is 1.00 e. The first-order chi connectivity index (χ1) is 4.24. The maximum Gasteiger partial charge on any atom is 1.00 e. The van der Waals surface area contributed by atoms with Gasteiger partial charge in [0.25, 0.3) is 0 Å². The Bertz CT molecular complexity index is 213. The molecular formula is C4N4Na2Pt. The van der Waals surface area contributed by atoms with Gasteiger partial charge in [-0.25, -0.2) is 0 Å². The number of rotatable bonds is 0. The molecule has 0 rings (SSSR count). The third-order valence-corrected chi connectivity index (χ3v) is 3.47. The summed E-state index contributed by atoms with van der Waals surface area (Å²) in [7, 11) is 0. The van der Waals surface area contributed by atoms with E-state index in [2.05, 4.69) is 0 Å². The fraction of sp³-hybridized carbons (Fsp3) is 0. The molecule has 0 aromatic carbocycles. The van der Waals surface area contributed by atoms with Crippen molar-refractivity contribution in [3.05, 3.63) is 0 Å². The van der Waals surface area contributed by atoms with Crippen molar-refractivity contribution in [2.75, 3.05) is 0 Å². The Kier molecular flexibility index (Phi) is 14.0. The molecule has 0 bridgehead atoms. The Balaban J connectivity index is -0.000000320. The van der Waals surface area contributed by atoms with Crippen LogP contribution in [0.5, 0.6) is 0 Å². The van der Waals surface area contributed by atoms with Gasteiger partial charge >= 0.3 is 114 Å². The molecule has 0 radical (unpaired) electrons. The number of hydrogen-bond acceptors (Lipinski definition) is 4. The Morgan fingerprint density at radius 3 is 0.818 bits per heavy atom. The fourth-order valence-corrected chi connectivity index (χ4v) is 0.777. The Morgan fingerprint density at radius 1 is 0.636 bits per heavy atom. The summed E-state index contributed by atoms with van der Waals surface area (Å²) in [6.07, 6.45) is 0. The van der Waals surface area contributed by atoms with E-state index in [1.165, 1.54) is 17.8 Å². The first-order valence-corrected chi connectivity index (χ1v) is 6.07. The summed E-state index contributed by atoms with van der Waals surface area (Å²) in [6, 6.07) is 0. The van der Waals surface area contributed by atoms with Crippen molar-refractivity contribution in [1.29, 1.82) is 21.0 Å². The summed E-state index contributed by atoms with van der Waals surface area (Å²) in [5, 5.41) is 32.6. The van der Waals surface area contributed by atoms with E-state index in [0.717, 1.165) is 0 Å². The molecule has 0 heterocycles. The molecule has 11 heavy (non-hydrogen) atoms. The van der Waals surface area contributed by atoms with Crippen LogP contribution in [0, 0.1) is 38.9 Å². The molecule has 0 atom stereocenters. The minimum Gasteiger partial charge on any atom is 1.00 e. The van der Waals surface area contributed by atoms with Crippen molar-refractivity contribution in [2.45, 2.75) is 0 Å². The Labute approximate surface area is 112 Å². The van der Waals surface area contributed by atoms with Crippen LogP contribution in [0.2, 0.25) is 0 Å². The number of nitrogens with zero attached hydrogens (tertiary/aromatic N) is 4. The molecule has 0 aromatic heterocycles. The van der Waals surface area contributed by atoms with Gasteiger partial charge in [-0.05, 0) is 0 Å². The molecule has 0 saturated heterocycles. The maximum absolute atomic E-state index is 8.14. The summed E-state index contributed by atoms with van der Waals surface area (Å²) in [5.74, 6) is 0. The molecule has 7 heteroatoms. The zero-order chi connectivity index (χ0) is 7.33. The Hall–Kier alpha value is 0.648. The molecule has 0 amide bonds. The third-order valence-electron chi connectivity index (χ3n) is 0.424. The number of nitriles is 4. The average molecular weight is 345 g/mol. The summed E-state index contributed by atoms with van der Waals surface area (Å²) >= 11 is -3.88. The van der Waals surface area contributed by atoms with Crippen LogP contribution in [0.4, 0.5) is 0 Å². The minimum atomic E-state index is -3.88. The van der Waals surface area contributed by atoms with Crippen LogP contribution >= 0.6 is 0 Å². The molecule has 0 N–H and O–H groups in total. The van der Waals surface area contributed by atoms with E-state index >= 15 is 0 Å². The van der Waals surface area contributed by atoms with Crippen molar-refractivity contribution in [1.82, 2.24) is 0 Å². The third kappa shape index (κ3) is 4.98. The van der Waals surface area contributed by atoms with Crippen molar-refractivity contribution in [3.8, 4) is 17.8 Å². The maximum atomic E-state index is 8.14. The van der Waals surface area contributed by atoms with Gasteiger partial charge in [0, 0.05) is 0 Å². The topological polar surface area (TPSA) is 95.2 Å². The van der Waals surface area contributed by atoms with Gasteiger partial charge in [0.05, 0.1) is 0 Å². The summed E-state index contributed by atoms with van der Waals surface area (Å²) < 4.78 is 5.85. The van der Waals surface area contributed by atoms with Gasteiger partial charge in [-0.3, -0.25) is 0 Å². The van der Waals surface area contributed by atoms with Gasteiger partial charge < -0.3 is 0 Å². The molecule has 0 fully saturated rings. The summed E-state index contributed by atoms with van der Waals surface area (Å²) in [5.41, 5.74) is 0. The first kappa shape index (κ1) is 17.7. The molecule has 0 aliphatic carbocycles. The van der Waals surface area contributed by atoms with Crippen molar-refractivity contribution >= 4 is 0 Å². The Morgan fingerprint density at radius 2 is 0.818 bits per heavy atom. The van der Waals surface area contributed by atoms with E-state index in [1.54, 1.807) is 0 Å². The van der Waals surface area contributed by atoms with Crippen molar-refractivity contribution in [3.63, 3.8) is 0 Å². The van der Waals surface area contributed by atoms with Crippen LogP contribution in [0.1, 0.15) is 0 Å². The van der Waals surface area contributed by atoms with E-state index in [-0.39, 0.29) is 59.1 Å². The van der Waals surface area contributed by atoms with Crippen molar-refractivity contribution < 1.29 is 75.2 Å². The van der Waals surface area contributed by atoms with Gasteiger partial charge in [-0.15, -0.1) is 0 Å². The minimum absolute atomic E-state index is 0. The normalized spacial score (nSPS) is 7.64. The summed E-state index contributed by atoms with van der Waals surface area (Å²) in [6.45, 7) is 0. The first-order valence-electron chi connectivity index (χ1n) is 1.53. The fourth-order valence-electron chi connectivity index (χ4n) is 0.0949. The van der Waals surface area contributed by atoms with E-state index < -0.39 is 16.1 Å². The van der Waals surface area contributed by atoms with E-state index in [0.29, 0.717) is 0 Å². The van der Waals surface area contributed by atoms with Gasteiger partial charge in [0.15, 0.2) is 0 Å². The molecular weight excluding hydrogens is 345 g/mol. The van der Waals surface area contributed by atoms with Crippen LogP contribution in [0.15, 0.2) is 0 Å². The second kappa shape index (κ2) is 8.74. The molecule has 0 aliphatic heterocycles. The van der Waals surface area contributed by atoms with Crippen LogP contribution in [0.3, 0.4) is 0 Å². The smallest absolute Gasteiger partial charge is 1.00 e. The number of hydrogen-bond donors (Lipinski definition) is 0. The average Bonchev–Trinajstić information content (AvgIpc) is 1.95. The van der Waals surface area contributed by atoms with Crippen LogP contribution in [0.25, 0.3) is 0 Å². The molecule has 0 unspecified atom stereocenters. The predicted molar refractivity (Wildman–Crippen MR) is 22.5 cm³/mol. The zero-order valence-electron chi connectivity index (χ0n) is 6.11. The van der Waals surface area contributed by atoms with E-state index in [4.69, 9.17) is 21.0 Å². The van der Waals surface area contributed by atoms with Crippen molar-refractivity contribution in [2.24, 2.45) is 0 Å². The van der Waals surface area contributed by atoms with Crippen LogP contribution < -0.4 is 59.1 Å². The summed E-state index contributed by atoms with van der Waals surface area (Å²) in [4.78, 5) is 0. The standard InChI is InChI=1S/4CN.2Na.Pt/c4*1-2;;;/q;;;;2*+1;-2. The molecule has 0 spiro atoms. The van der Waals surface area contributed by atoms with Gasteiger partial charge in [0.2, 0.25) is 0 Å². The molecule has 48 valence electrons. The van der Waals surface area contributed by atoms with E-state index in [1.807, 2.05) is 0 Å². The SMILES string of the molecule is N#[C][Pt-2]([C]#N)([C]#N)[C]#N.[Na+].[Na+]. The van der Waals surface area contributed by atoms with Gasteiger partial charge in [-0.2, -0.15) is 0 Å². The predicted octanol–water partition coefficient (Wildman–Crippen LogP) is -5.93. The van der Waals surface area contributed by atoms with Crippen LogP contribution in [-0.4, -0.2) is 0 Å². The molecule has 0 aliphatic rings. The second-order valence-electron chi connectivity index (χ2n) is 0.757. The quantitative estimate of drug-likeness (QED) is 0.409. The monoisotopic (exact) mass is 345 g/mol. The van der Waals surface area contributed by atoms with Crippen LogP contribution in [-0.2, 0) is 16.1 Å². The van der Waals surface area contributed by atoms with Gasteiger partial charge in [0.1, 0.15) is 0 Å². The van der Waals surface area contributed by atoms with Gasteiger partial charge in [-0.1, -0.05) is 0 Å². The second-order valence-corrected chi connectivity index (χ2v) is 6.20.